The summed E-state index contributed by atoms with van der Waals surface area (Å²) in [6.07, 6.45) is 0. The zero-order chi connectivity index (χ0) is 47.4. The Morgan fingerprint density at radius 1 is 0.178 bits per heavy atom. The molecule has 0 atom stereocenters. The van der Waals surface area contributed by atoms with E-state index in [0.717, 1.165) is 11.1 Å². The number of hydrogen-bond donors (Lipinski definition) is 0. The van der Waals surface area contributed by atoms with Gasteiger partial charge in [-0.1, -0.05) is 188 Å². The van der Waals surface area contributed by atoms with Crippen LogP contribution in [0.3, 0.4) is 0 Å². The topological polar surface area (TPSA) is 0 Å². The normalized spacial score (nSPS) is 12.7. The highest BCUT2D eigenvalue weighted by Gasteiger charge is 2.32. The molecule has 18 rings (SSSR count). The molecule has 0 saturated carbocycles. The molecule has 16 aromatic carbocycles. The molecule has 0 amide bonds. The van der Waals surface area contributed by atoms with Gasteiger partial charge in [-0.3, -0.25) is 0 Å². The van der Waals surface area contributed by atoms with E-state index in [2.05, 4.69) is 200 Å². The highest BCUT2D eigenvalue weighted by molar-refractivity contribution is 6.48. The molecule has 0 heterocycles. The van der Waals surface area contributed by atoms with Crippen molar-refractivity contribution >= 4 is 97.0 Å². The van der Waals surface area contributed by atoms with Gasteiger partial charge in [0.2, 0.25) is 0 Å². The first-order valence-electron chi connectivity index (χ1n) is 25.4. The van der Waals surface area contributed by atoms with E-state index in [4.69, 9.17) is 0 Å². The summed E-state index contributed by atoms with van der Waals surface area (Å²) in [6.45, 7) is 0. The highest BCUT2D eigenvalue weighted by Crippen LogP contribution is 2.60. The van der Waals surface area contributed by atoms with Gasteiger partial charge in [0.05, 0.1) is 0 Å². The van der Waals surface area contributed by atoms with Crippen LogP contribution in [0.4, 0.5) is 4.39 Å². The van der Waals surface area contributed by atoms with Gasteiger partial charge in [-0.15, -0.1) is 0 Å². The van der Waals surface area contributed by atoms with Crippen LogP contribution in [-0.4, -0.2) is 0 Å². The fourth-order valence-electron chi connectivity index (χ4n) is 14.4. The third-order valence-corrected chi connectivity index (χ3v) is 17.2. The molecular weight excluding hydrogens is 884 g/mol. The number of fused-ring (bicyclic) bond motifs is 14. The van der Waals surface area contributed by atoms with E-state index in [1.165, 1.54) is 175 Å². The zero-order valence-electron chi connectivity index (χ0n) is 39.2. The minimum absolute atomic E-state index is 0.227. The second-order valence-corrected chi connectivity index (χ2v) is 20.6. The van der Waals surface area contributed by atoms with Crippen LogP contribution in [0.5, 0.6) is 0 Å². The number of hydrogen-bond acceptors (Lipinski definition) is 0. The predicted molar refractivity (Wildman–Crippen MR) is 308 cm³/mol. The predicted octanol–water partition coefficient (Wildman–Crippen LogP) is 20.5. The highest BCUT2D eigenvalue weighted by atomic mass is 19.1. The molecule has 0 nitrogen and oxygen atoms in total. The summed E-state index contributed by atoms with van der Waals surface area (Å²) in [5.41, 5.74) is 19.8. The van der Waals surface area contributed by atoms with Crippen LogP contribution in [0.15, 0.2) is 224 Å². The molecule has 0 spiro atoms. The first-order chi connectivity index (χ1) is 36.2. The molecule has 0 aromatic heterocycles. The summed E-state index contributed by atoms with van der Waals surface area (Å²) in [6, 6.07) is 82.7. The standard InChI is InChI=1S/C72H37F/c73-42-22-20-41(21-23-42)44-25-24-43(38-12-4-1-5-13-38)63-51-30-28-49-58-37-60-59(36-57(58)48-27-31-52(64(44)63)68(51)65(48)49)50-29-33-54-69-55(39-14-6-2-7-15-39)34-61-46-19-11-10-18-45(46)47-26-32-53(71(69)66(47)61)70-56(40-16-8-3-9-17-40)35-62(60)67(50)72(54)70/h1-37H. The van der Waals surface area contributed by atoms with Crippen LogP contribution in [0.25, 0.3) is 186 Å². The number of benzene rings is 14. The van der Waals surface area contributed by atoms with E-state index in [1.807, 2.05) is 12.1 Å². The summed E-state index contributed by atoms with van der Waals surface area (Å²) in [5, 5.41) is 23.7. The average Bonchev–Trinajstić information content (AvgIpc) is 4.17. The largest absolute Gasteiger partial charge is 0.207 e. The Hall–Kier alpha value is -9.43. The van der Waals surface area contributed by atoms with E-state index >= 15 is 0 Å². The molecule has 332 valence electrons. The first kappa shape index (κ1) is 38.3. The molecule has 2 aliphatic rings. The van der Waals surface area contributed by atoms with E-state index in [0.29, 0.717) is 0 Å². The lowest BCUT2D eigenvalue weighted by Gasteiger charge is -2.21. The molecule has 0 N–H and O–H groups in total. The van der Waals surface area contributed by atoms with E-state index in [1.54, 1.807) is 12.1 Å². The van der Waals surface area contributed by atoms with Crippen LogP contribution < -0.4 is 0 Å². The quantitative estimate of drug-likeness (QED) is 0.122. The molecule has 0 fully saturated rings. The van der Waals surface area contributed by atoms with E-state index in [9.17, 15) is 4.39 Å². The Balaban J connectivity index is 0.965. The first-order valence-corrected chi connectivity index (χ1v) is 25.4. The van der Waals surface area contributed by atoms with E-state index in [-0.39, 0.29) is 5.82 Å². The van der Waals surface area contributed by atoms with Crippen molar-refractivity contribution in [2.24, 2.45) is 0 Å². The molecule has 0 bridgehead atoms. The molecule has 0 unspecified atom stereocenters. The second-order valence-electron chi connectivity index (χ2n) is 20.6. The van der Waals surface area contributed by atoms with Gasteiger partial charge in [0.25, 0.3) is 0 Å². The minimum Gasteiger partial charge on any atom is -0.207 e. The SMILES string of the molecule is Fc1ccc(-c2ccc(-c3ccccc3)c3c2-c2ccc4c5cc6c(cc5c5ccc-3c2c45)c2cc(-c3ccccc3)c3c4ccc5c7c(cc(-c8ccccc8)c(c8ccc6c2c83)c74)-c2ccccc2-5)cc1. The van der Waals surface area contributed by atoms with Gasteiger partial charge in [-0.25, -0.2) is 4.39 Å². The fraction of sp³-hybridized carbons (Fsp3) is 0. The van der Waals surface area contributed by atoms with Crippen LogP contribution in [0.2, 0.25) is 0 Å². The summed E-state index contributed by atoms with van der Waals surface area (Å²) in [7, 11) is 0. The monoisotopic (exact) mass is 920 g/mol. The van der Waals surface area contributed by atoms with Crippen LogP contribution >= 0.6 is 0 Å². The molecule has 0 aliphatic heterocycles. The Labute approximate surface area is 418 Å². The fourth-order valence-corrected chi connectivity index (χ4v) is 14.4. The Bertz CT molecular complexity index is 5090. The molecule has 1 heteroatoms. The summed E-state index contributed by atoms with van der Waals surface area (Å²) in [5.74, 6) is -0.227. The molecule has 73 heavy (non-hydrogen) atoms. The van der Waals surface area contributed by atoms with Gasteiger partial charge in [-0.2, -0.15) is 0 Å². The summed E-state index contributed by atoms with van der Waals surface area (Å²) >= 11 is 0. The van der Waals surface area contributed by atoms with Crippen molar-refractivity contribution in [1.82, 2.24) is 0 Å². The lowest BCUT2D eigenvalue weighted by atomic mass is 9.81. The van der Waals surface area contributed by atoms with Crippen molar-refractivity contribution in [2.45, 2.75) is 0 Å². The minimum atomic E-state index is -0.227. The maximum Gasteiger partial charge on any atom is 0.123 e. The van der Waals surface area contributed by atoms with Crippen molar-refractivity contribution < 1.29 is 4.39 Å². The number of rotatable bonds is 4. The third kappa shape index (κ3) is 4.72. The van der Waals surface area contributed by atoms with Crippen molar-refractivity contribution in [2.75, 3.05) is 0 Å². The van der Waals surface area contributed by atoms with E-state index < -0.39 is 0 Å². The van der Waals surface area contributed by atoms with Crippen molar-refractivity contribution in [3.05, 3.63) is 230 Å². The molecule has 2 aliphatic carbocycles. The maximum absolute atomic E-state index is 14.4. The Kier molecular flexibility index (Phi) is 7.09. The van der Waals surface area contributed by atoms with Crippen LogP contribution in [0, 0.1) is 5.82 Å². The zero-order valence-corrected chi connectivity index (χ0v) is 39.2. The Morgan fingerprint density at radius 2 is 0.562 bits per heavy atom. The van der Waals surface area contributed by atoms with Gasteiger partial charge in [0.1, 0.15) is 5.82 Å². The number of halogens is 1. The summed E-state index contributed by atoms with van der Waals surface area (Å²) in [4.78, 5) is 0. The molecule has 16 aromatic rings. The molecule has 0 radical (unpaired) electrons. The van der Waals surface area contributed by atoms with Gasteiger partial charge in [-0.05, 0) is 222 Å². The van der Waals surface area contributed by atoms with Crippen molar-refractivity contribution in [1.29, 1.82) is 0 Å². The lowest BCUT2D eigenvalue weighted by Crippen LogP contribution is -1.93. The van der Waals surface area contributed by atoms with Gasteiger partial charge in [0.15, 0.2) is 0 Å². The third-order valence-electron chi connectivity index (χ3n) is 17.2. The maximum atomic E-state index is 14.4. The van der Waals surface area contributed by atoms with Crippen LogP contribution in [-0.2, 0) is 0 Å². The Morgan fingerprint density at radius 3 is 1.14 bits per heavy atom. The van der Waals surface area contributed by atoms with Crippen LogP contribution in [0.1, 0.15) is 0 Å². The molecule has 0 saturated heterocycles. The van der Waals surface area contributed by atoms with Crippen molar-refractivity contribution in [3.8, 4) is 89.0 Å². The van der Waals surface area contributed by atoms with Gasteiger partial charge in [0, 0.05) is 0 Å². The molecular formula is C72H37F. The second kappa shape index (κ2) is 13.5. The van der Waals surface area contributed by atoms with Crippen molar-refractivity contribution in [3.63, 3.8) is 0 Å². The average molecular weight is 921 g/mol. The smallest absolute Gasteiger partial charge is 0.123 e. The van der Waals surface area contributed by atoms with Gasteiger partial charge < -0.3 is 0 Å². The lowest BCUT2D eigenvalue weighted by molar-refractivity contribution is 0.628. The van der Waals surface area contributed by atoms with Gasteiger partial charge >= 0.3 is 0 Å². The summed E-state index contributed by atoms with van der Waals surface area (Å²) < 4.78 is 14.4.